The van der Waals surface area contributed by atoms with E-state index in [4.69, 9.17) is 21.1 Å². The van der Waals surface area contributed by atoms with Crippen LogP contribution < -0.4 is 14.8 Å². The largest absolute Gasteiger partial charge is 0.492 e. The molecule has 0 saturated heterocycles. The lowest BCUT2D eigenvalue weighted by molar-refractivity contribution is -0.115. The summed E-state index contributed by atoms with van der Waals surface area (Å²) in [5, 5.41) is 3.17. The predicted molar refractivity (Wildman–Crippen MR) is 127 cm³/mol. The van der Waals surface area contributed by atoms with Crippen LogP contribution in [0.15, 0.2) is 71.9 Å². The van der Waals surface area contributed by atoms with Crippen LogP contribution in [0, 0.1) is 0 Å². The van der Waals surface area contributed by atoms with Crippen LogP contribution in [0.2, 0.25) is 5.02 Å². The molecule has 0 spiro atoms. The molecule has 3 rings (SSSR count). The van der Waals surface area contributed by atoms with Crippen molar-refractivity contribution in [2.45, 2.75) is 30.5 Å². The minimum absolute atomic E-state index is 0.208. The van der Waals surface area contributed by atoms with Gasteiger partial charge in [-0.3, -0.25) is 4.79 Å². The molecule has 166 valence electrons. The van der Waals surface area contributed by atoms with Crippen molar-refractivity contribution < 1.29 is 19.1 Å². The number of para-hydroxylation sites is 3. The molecule has 0 aliphatic carbocycles. The normalized spacial score (nSPS) is 11.5. The van der Waals surface area contributed by atoms with Crippen LogP contribution in [0.5, 0.6) is 11.5 Å². The number of carbonyl (C=O) groups is 2. The van der Waals surface area contributed by atoms with E-state index in [2.05, 4.69) is 10.3 Å². The Morgan fingerprint density at radius 3 is 2.47 bits per heavy atom. The topological polar surface area (TPSA) is 77.5 Å². The highest BCUT2D eigenvalue weighted by molar-refractivity contribution is 8.00. The van der Waals surface area contributed by atoms with E-state index in [9.17, 15) is 9.59 Å². The van der Waals surface area contributed by atoms with Crippen molar-refractivity contribution in [3.8, 4) is 11.5 Å². The number of carbonyl (C=O) groups excluding carboxylic acids is 2. The number of nitrogens with one attached hydrogen (secondary N) is 1. The monoisotopic (exact) mass is 470 g/mol. The predicted octanol–water partition coefficient (Wildman–Crippen LogP) is 5.86. The number of aromatic nitrogens is 1. The van der Waals surface area contributed by atoms with Gasteiger partial charge in [-0.1, -0.05) is 54.6 Å². The van der Waals surface area contributed by atoms with Gasteiger partial charge in [-0.2, -0.15) is 0 Å². The molecule has 1 amide bonds. The van der Waals surface area contributed by atoms with Crippen molar-refractivity contribution in [1.29, 1.82) is 0 Å². The zero-order valence-corrected chi connectivity index (χ0v) is 19.3. The summed E-state index contributed by atoms with van der Waals surface area (Å²) in [6.07, 6.45) is 2.10. The molecule has 2 aromatic carbocycles. The third-order valence-corrected chi connectivity index (χ3v) is 6.09. The lowest BCUT2D eigenvalue weighted by Gasteiger charge is -2.17. The molecule has 8 heteroatoms. The summed E-state index contributed by atoms with van der Waals surface area (Å²) in [7, 11) is 0. The molecule has 32 heavy (non-hydrogen) atoms. The number of ether oxygens (including phenoxy) is 2. The number of amides is 1. The van der Waals surface area contributed by atoms with Crippen LogP contribution in [-0.4, -0.2) is 28.7 Å². The van der Waals surface area contributed by atoms with Gasteiger partial charge in [0.1, 0.15) is 16.5 Å². The first-order valence-electron chi connectivity index (χ1n) is 10.1. The van der Waals surface area contributed by atoms with Crippen molar-refractivity contribution in [3.63, 3.8) is 0 Å². The quantitative estimate of drug-likeness (QED) is 0.239. The van der Waals surface area contributed by atoms with E-state index in [0.717, 1.165) is 0 Å². The highest BCUT2D eigenvalue weighted by Gasteiger charge is 2.24. The maximum absolute atomic E-state index is 13.0. The van der Waals surface area contributed by atoms with E-state index in [-0.39, 0.29) is 17.2 Å². The number of thioether (sulfide) groups is 1. The fraction of sp³-hybridized carbons (Fsp3) is 0.208. The van der Waals surface area contributed by atoms with Crippen molar-refractivity contribution in [2.24, 2.45) is 0 Å². The smallest absolute Gasteiger partial charge is 0.346 e. The first-order valence-corrected chi connectivity index (χ1v) is 11.4. The zero-order valence-electron chi connectivity index (χ0n) is 17.7. The van der Waals surface area contributed by atoms with Crippen LogP contribution >= 0.6 is 23.4 Å². The fourth-order valence-corrected chi connectivity index (χ4v) is 4.02. The van der Waals surface area contributed by atoms with Gasteiger partial charge in [0, 0.05) is 6.20 Å². The summed E-state index contributed by atoms with van der Waals surface area (Å²) >= 11 is 7.30. The number of esters is 1. The molecule has 1 N–H and O–H groups in total. The summed E-state index contributed by atoms with van der Waals surface area (Å²) in [6.45, 7) is 4.27. The van der Waals surface area contributed by atoms with Gasteiger partial charge in [-0.25, -0.2) is 9.78 Å². The average molecular weight is 471 g/mol. The maximum Gasteiger partial charge on any atom is 0.346 e. The molecular formula is C24H23ClN2O4S. The summed E-state index contributed by atoms with van der Waals surface area (Å²) in [5.41, 5.74) is 0.858. The molecule has 0 fully saturated rings. The average Bonchev–Trinajstić information content (AvgIpc) is 2.80. The molecule has 6 nitrogen and oxygen atoms in total. The Morgan fingerprint density at radius 2 is 1.75 bits per heavy atom. The molecule has 3 aromatic rings. The number of nitrogens with zero attached hydrogens (tertiary/aromatic N) is 1. The van der Waals surface area contributed by atoms with Crippen molar-refractivity contribution in [3.05, 3.63) is 77.4 Å². The molecule has 1 aromatic heterocycles. The van der Waals surface area contributed by atoms with E-state index in [1.165, 1.54) is 11.8 Å². The Bertz CT molecular complexity index is 1090. The third-order valence-electron chi connectivity index (χ3n) is 4.39. The van der Waals surface area contributed by atoms with E-state index >= 15 is 0 Å². The first-order chi connectivity index (χ1) is 15.5. The molecule has 0 radical (unpaired) electrons. The number of benzene rings is 2. The standard InChI is InChI=1S/C24H23ClN2O4S/c1-3-21(22(28)27-18-12-6-8-14-20(18)30-4-2)32-23-16(10-9-15-26-23)24(29)31-19-13-7-5-11-17(19)25/h5-15,21H,3-4H2,1-2H3,(H,27,28)/t21-/m0/s1. The van der Waals surface area contributed by atoms with Crippen LogP contribution in [-0.2, 0) is 4.79 Å². The second kappa shape index (κ2) is 11.5. The Hall–Kier alpha value is -3.03. The Morgan fingerprint density at radius 1 is 1.03 bits per heavy atom. The Kier molecular flexibility index (Phi) is 8.53. The molecule has 0 unspecified atom stereocenters. The fourth-order valence-electron chi connectivity index (χ4n) is 2.84. The molecule has 1 atom stereocenters. The first kappa shape index (κ1) is 23.6. The number of pyridine rings is 1. The SMILES string of the molecule is CCOc1ccccc1NC(=O)[C@H](CC)Sc1ncccc1C(=O)Oc1ccccc1Cl. The Balaban J connectivity index is 1.76. The number of hydrogen-bond acceptors (Lipinski definition) is 6. The van der Waals surface area contributed by atoms with Crippen LogP contribution in [0.25, 0.3) is 0 Å². The maximum atomic E-state index is 13.0. The molecule has 0 aliphatic heterocycles. The lowest BCUT2D eigenvalue weighted by atomic mass is 10.2. The molecule has 0 aliphatic rings. The highest BCUT2D eigenvalue weighted by Crippen LogP contribution is 2.31. The van der Waals surface area contributed by atoms with Gasteiger partial charge in [-0.05, 0) is 49.7 Å². The van der Waals surface area contributed by atoms with Gasteiger partial charge in [0.25, 0.3) is 0 Å². The van der Waals surface area contributed by atoms with Crippen molar-refractivity contribution in [1.82, 2.24) is 4.98 Å². The molecular weight excluding hydrogens is 448 g/mol. The van der Waals surface area contributed by atoms with Crippen LogP contribution in [0.3, 0.4) is 0 Å². The molecule has 1 heterocycles. The molecule has 0 saturated carbocycles. The molecule has 0 bridgehead atoms. The number of hydrogen-bond donors (Lipinski definition) is 1. The zero-order chi connectivity index (χ0) is 22.9. The minimum atomic E-state index is -0.592. The number of rotatable bonds is 9. The summed E-state index contributed by atoms with van der Waals surface area (Å²) in [5.74, 6) is 0.0627. The van der Waals surface area contributed by atoms with Crippen LogP contribution in [0.4, 0.5) is 5.69 Å². The van der Waals surface area contributed by atoms with Crippen molar-refractivity contribution >= 4 is 40.9 Å². The number of anilines is 1. The van der Waals surface area contributed by atoms with E-state index in [1.54, 1.807) is 54.7 Å². The second-order valence-electron chi connectivity index (χ2n) is 6.61. The summed E-state index contributed by atoms with van der Waals surface area (Å²) < 4.78 is 11.0. The lowest BCUT2D eigenvalue weighted by Crippen LogP contribution is -2.25. The third kappa shape index (κ3) is 6.02. The summed E-state index contributed by atoms with van der Waals surface area (Å²) in [4.78, 5) is 30.1. The van der Waals surface area contributed by atoms with Gasteiger partial charge in [0.2, 0.25) is 5.91 Å². The van der Waals surface area contributed by atoms with Crippen LogP contribution in [0.1, 0.15) is 30.6 Å². The van der Waals surface area contributed by atoms with E-state index in [1.807, 2.05) is 26.0 Å². The Labute approximate surface area is 196 Å². The summed E-state index contributed by atoms with van der Waals surface area (Å²) in [6, 6.07) is 17.2. The minimum Gasteiger partial charge on any atom is -0.492 e. The second-order valence-corrected chi connectivity index (χ2v) is 8.21. The number of halogens is 1. The van der Waals surface area contributed by atoms with E-state index in [0.29, 0.717) is 34.5 Å². The van der Waals surface area contributed by atoms with Gasteiger partial charge >= 0.3 is 5.97 Å². The van der Waals surface area contributed by atoms with Gasteiger partial charge < -0.3 is 14.8 Å². The van der Waals surface area contributed by atoms with Crippen molar-refractivity contribution in [2.75, 3.05) is 11.9 Å². The van der Waals surface area contributed by atoms with Gasteiger partial charge in [0.05, 0.1) is 28.1 Å². The van der Waals surface area contributed by atoms with E-state index < -0.39 is 11.2 Å². The van der Waals surface area contributed by atoms with Gasteiger partial charge in [-0.15, -0.1) is 0 Å². The van der Waals surface area contributed by atoms with Gasteiger partial charge in [0.15, 0.2) is 0 Å². The highest BCUT2D eigenvalue weighted by atomic mass is 35.5.